The predicted molar refractivity (Wildman–Crippen MR) is 84.1 cm³/mol. The lowest BCUT2D eigenvalue weighted by Gasteiger charge is -2.19. The van der Waals surface area contributed by atoms with Crippen molar-refractivity contribution in [2.75, 3.05) is 18.6 Å². The lowest BCUT2D eigenvalue weighted by molar-refractivity contribution is 0.597. The van der Waals surface area contributed by atoms with Crippen molar-refractivity contribution in [3.05, 3.63) is 66.0 Å². The number of hydrogen-bond acceptors (Lipinski definition) is 3. The van der Waals surface area contributed by atoms with Crippen LogP contribution in [0.4, 0.5) is 0 Å². The van der Waals surface area contributed by atoms with E-state index in [4.69, 9.17) is 0 Å². The molecule has 2 atom stereocenters. The van der Waals surface area contributed by atoms with Crippen LogP contribution in [-0.2, 0) is 10.8 Å². The predicted octanol–water partition coefficient (Wildman–Crippen LogP) is 2.53. The summed E-state index contributed by atoms with van der Waals surface area (Å²) in [5.41, 5.74) is 2.43. The first-order valence-electron chi connectivity index (χ1n) is 6.75. The Labute approximate surface area is 122 Å². The van der Waals surface area contributed by atoms with Gasteiger partial charge in [0.1, 0.15) is 0 Å². The maximum absolute atomic E-state index is 11.1. The zero-order valence-corrected chi connectivity index (χ0v) is 12.5. The number of benzene rings is 1. The van der Waals surface area contributed by atoms with Crippen molar-refractivity contribution < 1.29 is 4.21 Å². The Kier molecular flexibility index (Phi) is 5.89. The van der Waals surface area contributed by atoms with E-state index in [9.17, 15) is 4.21 Å². The van der Waals surface area contributed by atoms with Gasteiger partial charge < -0.3 is 5.32 Å². The molecule has 0 saturated heterocycles. The summed E-state index contributed by atoms with van der Waals surface area (Å²) in [5.74, 6) is 0.741. The Morgan fingerprint density at radius 2 is 1.75 bits per heavy atom. The third kappa shape index (κ3) is 4.54. The summed E-state index contributed by atoms with van der Waals surface area (Å²) in [5, 5.41) is 3.55. The van der Waals surface area contributed by atoms with E-state index in [0.717, 1.165) is 18.7 Å². The minimum Gasteiger partial charge on any atom is -0.306 e. The average molecular weight is 288 g/mol. The molecule has 0 aliphatic carbocycles. The largest absolute Gasteiger partial charge is 0.306 e. The molecule has 0 fully saturated rings. The molecule has 4 heteroatoms. The smallest absolute Gasteiger partial charge is 0.0577 e. The van der Waals surface area contributed by atoms with Crippen molar-refractivity contribution in [2.45, 2.75) is 12.5 Å². The number of nitrogens with zero attached hydrogens (tertiary/aromatic N) is 1. The molecule has 0 aliphatic heterocycles. The van der Waals surface area contributed by atoms with Gasteiger partial charge in [0.2, 0.25) is 0 Å². The third-order valence-corrected chi connectivity index (χ3v) is 3.99. The Bertz CT molecular complexity index is 491. The Morgan fingerprint density at radius 3 is 2.40 bits per heavy atom. The highest BCUT2D eigenvalue weighted by atomic mass is 32.2. The minimum atomic E-state index is -0.719. The van der Waals surface area contributed by atoms with Crippen LogP contribution in [0.15, 0.2) is 54.9 Å². The Morgan fingerprint density at radius 1 is 1.10 bits per heavy atom. The number of aromatic nitrogens is 1. The highest BCUT2D eigenvalue weighted by molar-refractivity contribution is 7.84. The van der Waals surface area contributed by atoms with Gasteiger partial charge in [0.15, 0.2) is 0 Å². The minimum absolute atomic E-state index is 0.157. The maximum Gasteiger partial charge on any atom is 0.0577 e. The summed E-state index contributed by atoms with van der Waals surface area (Å²) >= 11 is 0. The van der Waals surface area contributed by atoms with Gasteiger partial charge in [0.05, 0.1) is 6.04 Å². The molecule has 1 N–H and O–H groups in total. The quantitative estimate of drug-likeness (QED) is 0.796. The summed E-state index contributed by atoms with van der Waals surface area (Å²) in [6.45, 7) is 0.849. The molecule has 2 rings (SSSR count). The third-order valence-electron chi connectivity index (χ3n) is 3.13. The monoisotopic (exact) mass is 288 g/mol. The lowest BCUT2D eigenvalue weighted by Crippen LogP contribution is -2.24. The van der Waals surface area contributed by atoms with Gasteiger partial charge in [-0.15, -0.1) is 0 Å². The molecule has 2 unspecified atom stereocenters. The van der Waals surface area contributed by atoms with Crippen molar-refractivity contribution >= 4 is 10.8 Å². The van der Waals surface area contributed by atoms with E-state index in [0.29, 0.717) is 0 Å². The molecule has 0 radical (unpaired) electrons. The van der Waals surface area contributed by atoms with Gasteiger partial charge in [-0.25, -0.2) is 0 Å². The van der Waals surface area contributed by atoms with Crippen LogP contribution in [0.3, 0.4) is 0 Å². The maximum atomic E-state index is 11.1. The highest BCUT2D eigenvalue weighted by Crippen LogP contribution is 2.21. The molecule has 1 aromatic carbocycles. The summed E-state index contributed by atoms with van der Waals surface area (Å²) in [6, 6.07) is 14.6. The van der Waals surface area contributed by atoms with Crippen molar-refractivity contribution in [2.24, 2.45) is 0 Å². The van der Waals surface area contributed by atoms with E-state index in [1.165, 1.54) is 11.1 Å². The van der Waals surface area contributed by atoms with Crippen LogP contribution in [0.5, 0.6) is 0 Å². The second kappa shape index (κ2) is 7.92. The van der Waals surface area contributed by atoms with Crippen LogP contribution in [0.2, 0.25) is 0 Å². The zero-order valence-electron chi connectivity index (χ0n) is 11.7. The van der Waals surface area contributed by atoms with Crippen molar-refractivity contribution in [3.63, 3.8) is 0 Å². The van der Waals surface area contributed by atoms with E-state index < -0.39 is 10.8 Å². The van der Waals surface area contributed by atoms with Crippen LogP contribution >= 0.6 is 0 Å². The standard InChI is InChI=1S/C16H20N2OS/c1-20(19)13-5-10-18-16(14-6-3-2-4-7-14)15-8-11-17-12-9-15/h2-4,6-9,11-12,16,18H,5,10,13H2,1H3. The topological polar surface area (TPSA) is 42.0 Å². The molecule has 0 aliphatic rings. The van der Waals surface area contributed by atoms with E-state index in [-0.39, 0.29) is 6.04 Å². The van der Waals surface area contributed by atoms with Gasteiger partial charge >= 0.3 is 0 Å². The van der Waals surface area contributed by atoms with Crippen LogP contribution in [-0.4, -0.2) is 27.7 Å². The van der Waals surface area contributed by atoms with Gasteiger partial charge in [-0.2, -0.15) is 0 Å². The molecule has 1 aromatic heterocycles. The van der Waals surface area contributed by atoms with Gasteiger partial charge in [-0.05, 0) is 36.2 Å². The van der Waals surface area contributed by atoms with Crippen LogP contribution < -0.4 is 5.32 Å². The van der Waals surface area contributed by atoms with Crippen LogP contribution in [0.25, 0.3) is 0 Å². The van der Waals surface area contributed by atoms with Crippen LogP contribution in [0.1, 0.15) is 23.6 Å². The van der Waals surface area contributed by atoms with E-state index >= 15 is 0 Å². The van der Waals surface area contributed by atoms with Crippen LogP contribution in [0, 0.1) is 0 Å². The Balaban J connectivity index is 2.07. The summed E-state index contributed by atoms with van der Waals surface area (Å²) in [4.78, 5) is 4.07. The van der Waals surface area contributed by atoms with Gasteiger partial charge in [-0.3, -0.25) is 9.19 Å². The van der Waals surface area contributed by atoms with Gasteiger partial charge in [0.25, 0.3) is 0 Å². The number of rotatable bonds is 7. The molecule has 0 amide bonds. The van der Waals surface area contributed by atoms with E-state index in [1.54, 1.807) is 6.26 Å². The molecular weight excluding hydrogens is 268 g/mol. The van der Waals surface area contributed by atoms with Crippen molar-refractivity contribution in [3.8, 4) is 0 Å². The van der Waals surface area contributed by atoms with Gasteiger partial charge in [0, 0.05) is 35.2 Å². The normalized spacial score (nSPS) is 13.8. The second-order valence-electron chi connectivity index (χ2n) is 4.71. The number of nitrogens with one attached hydrogen (secondary N) is 1. The molecule has 3 nitrogen and oxygen atoms in total. The molecule has 20 heavy (non-hydrogen) atoms. The summed E-state index contributed by atoms with van der Waals surface area (Å²) < 4.78 is 11.1. The first-order chi connectivity index (χ1) is 9.77. The van der Waals surface area contributed by atoms with Gasteiger partial charge in [-0.1, -0.05) is 30.3 Å². The first-order valence-corrected chi connectivity index (χ1v) is 8.48. The SMILES string of the molecule is CS(=O)CCCNC(c1ccccc1)c1ccncc1. The lowest BCUT2D eigenvalue weighted by atomic mass is 10.00. The second-order valence-corrected chi connectivity index (χ2v) is 6.26. The van der Waals surface area contributed by atoms with E-state index in [1.807, 2.05) is 42.7 Å². The molecular formula is C16H20N2OS. The summed E-state index contributed by atoms with van der Waals surface area (Å²) in [7, 11) is -0.719. The van der Waals surface area contributed by atoms with E-state index in [2.05, 4.69) is 22.4 Å². The fraction of sp³-hybridized carbons (Fsp3) is 0.312. The average Bonchev–Trinajstić information content (AvgIpc) is 2.49. The molecule has 106 valence electrons. The fourth-order valence-electron chi connectivity index (χ4n) is 2.15. The first kappa shape index (κ1) is 14.9. The fourth-order valence-corrected chi connectivity index (χ4v) is 2.70. The summed E-state index contributed by atoms with van der Waals surface area (Å²) in [6.07, 6.45) is 6.29. The number of hydrogen-bond donors (Lipinski definition) is 1. The molecule has 0 spiro atoms. The van der Waals surface area contributed by atoms with Crippen molar-refractivity contribution in [1.82, 2.24) is 10.3 Å². The highest BCUT2D eigenvalue weighted by Gasteiger charge is 2.12. The molecule has 0 bridgehead atoms. The Hall–Kier alpha value is -1.52. The number of pyridine rings is 1. The zero-order chi connectivity index (χ0) is 14.2. The molecule has 1 heterocycles. The molecule has 2 aromatic rings. The van der Waals surface area contributed by atoms with Crippen molar-refractivity contribution in [1.29, 1.82) is 0 Å². The molecule has 0 saturated carbocycles.